The van der Waals surface area contributed by atoms with Crippen molar-refractivity contribution < 1.29 is 13.2 Å². The third-order valence-electron chi connectivity index (χ3n) is 3.01. The Labute approximate surface area is 98.7 Å². The summed E-state index contributed by atoms with van der Waals surface area (Å²) in [4.78, 5) is 0. The number of rotatable bonds is 7. The average Bonchev–Trinajstić information content (AvgIpc) is 2.70. The molecular weight excluding hydrogens is 226 g/mol. The summed E-state index contributed by atoms with van der Waals surface area (Å²) in [7, 11) is -2.86. The molecule has 1 rings (SSSR count). The maximum atomic E-state index is 11.4. The summed E-state index contributed by atoms with van der Waals surface area (Å²) in [6.45, 7) is 6.25. The van der Waals surface area contributed by atoms with E-state index in [0.717, 1.165) is 32.6 Å². The SMILES string of the molecule is CCS(=O)(=O)CC(C)NCCC1CCOC1. The minimum absolute atomic E-state index is 0.0484. The van der Waals surface area contributed by atoms with E-state index in [1.165, 1.54) is 0 Å². The van der Waals surface area contributed by atoms with Crippen molar-refractivity contribution >= 4 is 9.84 Å². The van der Waals surface area contributed by atoms with Gasteiger partial charge in [-0.05, 0) is 32.2 Å². The quantitative estimate of drug-likeness (QED) is 0.726. The van der Waals surface area contributed by atoms with Gasteiger partial charge in [-0.1, -0.05) is 6.92 Å². The monoisotopic (exact) mass is 249 g/mol. The first kappa shape index (κ1) is 13.9. The summed E-state index contributed by atoms with van der Waals surface area (Å²) in [5.74, 6) is 1.13. The number of nitrogens with one attached hydrogen (secondary N) is 1. The highest BCUT2D eigenvalue weighted by Crippen LogP contribution is 2.15. The molecule has 0 amide bonds. The predicted octanol–water partition coefficient (Wildman–Crippen LogP) is 0.826. The molecule has 4 nitrogen and oxygen atoms in total. The molecule has 0 saturated carbocycles. The molecule has 0 bridgehead atoms. The van der Waals surface area contributed by atoms with Crippen LogP contribution in [0.4, 0.5) is 0 Å². The molecular formula is C11H23NO3S. The second-order valence-electron chi connectivity index (χ2n) is 4.57. The number of ether oxygens (including phenoxy) is 1. The zero-order valence-corrected chi connectivity index (χ0v) is 11.1. The van der Waals surface area contributed by atoms with Gasteiger partial charge in [-0.15, -0.1) is 0 Å². The van der Waals surface area contributed by atoms with Gasteiger partial charge < -0.3 is 10.1 Å². The first-order valence-corrected chi connectivity index (χ1v) is 7.87. The van der Waals surface area contributed by atoms with E-state index in [9.17, 15) is 8.42 Å². The van der Waals surface area contributed by atoms with Gasteiger partial charge in [0.25, 0.3) is 0 Å². The zero-order chi connectivity index (χ0) is 12.0. The first-order chi connectivity index (χ1) is 7.53. The fourth-order valence-corrected chi connectivity index (χ4v) is 3.02. The summed E-state index contributed by atoms with van der Waals surface area (Å²) in [5, 5.41) is 3.27. The molecule has 0 aromatic carbocycles. The minimum Gasteiger partial charge on any atom is -0.381 e. The van der Waals surface area contributed by atoms with Gasteiger partial charge >= 0.3 is 0 Å². The Morgan fingerprint density at radius 1 is 1.50 bits per heavy atom. The molecule has 1 fully saturated rings. The second-order valence-corrected chi connectivity index (χ2v) is 6.97. The summed E-state index contributed by atoms with van der Waals surface area (Å²) in [5.41, 5.74) is 0. The van der Waals surface area contributed by atoms with E-state index in [0.29, 0.717) is 5.92 Å². The van der Waals surface area contributed by atoms with Gasteiger partial charge in [-0.3, -0.25) is 0 Å². The van der Waals surface area contributed by atoms with Crippen molar-refractivity contribution in [3.05, 3.63) is 0 Å². The Hall–Kier alpha value is -0.130. The molecule has 0 spiro atoms. The standard InChI is InChI=1S/C11H23NO3S/c1-3-16(13,14)9-10(2)12-6-4-11-5-7-15-8-11/h10-12H,3-9H2,1-2H3. The smallest absolute Gasteiger partial charge is 0.151 e. The fraction of sp³-hybridized carbons (Fsp3) is 1.00. The van der Waals surface area contributed by atoms with Crippen molar-refractivity contribution in [1.82, 2.24) is 5.32 Å². The van der Waals surface area contributed by atoms with Crippen LogP contribution in [-0.4, -0.2) is 45.7 Å². The molecule has 0 aromatic rings. The largest absolute Gasteiger partial charge is 0.381 e. The summed E-state index contributed by atoms with van der Waals surface area (Å²) in [6.07, 6.45) is 2.22. The van der Waals surface area contributed by atoms with Crippen molar-refractivity contribution in [3.8, 4) is 0 Å². The van der Waals surface area contributed by atoms with E-state index in [2.05, 4.69) is 5.32 Å². The summed E-state index contributed by atoms with van der Waals surface area (Å²) in [6, 6.07) is 0.0484. The summed E-state index contributed by atoms with van der Waals surface area (Å²) < 4.78 is 28.0. The lowest BCUT2D eigenvalue weighted by Crippen LogP contribution is -2.34. The first-order valence-electron chi connectivity index (χ1n) is 6.05. The molecule has 16 heavy (non-hydrogen) atoms. The van der Waals surface area contributed by atoms with Gasteiger partial charge in [0.2, 0.25) is 0 Å². The second kappa shape index (κ2) is 6.57. The van der Waals surface area contributed by atoms with Gasteiger partial charge in [0, 0.05) is 25.0 Å². The fourth-order valence-electron chi connectivity index (χ4n) is 1.90. The van der Waals surface area contributed by atoms with Gasteiger partial charge in [0.15, 0.2) is 9.84 Å². The molecule has 1 saturated heterocycles. The maximum absolute atomic E-state index is 11.4. The average molecular weight is 249 g/mol. The number of sulfone groups is 1. The van der Waals surface area contributed by atoms with E-state index in [1.54, 1.807) is 6.92 Å². The molecule has 0 aromatic heterocycles. The molecule has 96 valence electrons. The minimum atomic E-state index is -2.86. The molecule has 2 atom stereocenters. The third-order valence-corrected chi connectivity index (χ3v) is 4.90. The van der Waals surface area contributed by atoms with Crippen molar-refractivity contribution in [2.75, 3.05) is 31.3 Å². The van der Waals surface area contributed by atoms with E-state index < -0.39 is 9.84 Å². The maximum Gasteiger partial charge on any atom is 0.151 e. The Balaban J connectivity index is 2.12. The van der Waals surface area contributed by atoms with Crippen LogP contribution in [0.1, 0.15) is 26.7 Å². The normalized spacial score (nSPS) is 23.5. The Morgan fingerprint density at radius 3 is 2.81 bits per heavy atom. The summed E-state index contributed by atoms with van der Waals surface area (Å²) >= 11 is 0. The molecule has 5 heteroatoms. The van der Waals surface area contributed by atoms with Crippen molar-refractivity contribution in [2.45, 2.75) is 32.7 Å². The zero-order valence-electron chi connectivity index (χ0n) is 10.2. The van der Waals surface area contributed by atoms with Crippen LogP contribution in [0.2, 0.25) is 0 Å². The molecule has 1 N–H and O–H groups in total. The van der Waals surface area contributed by atoms with Crippen LogP contribution in [0.3, 0.4) is 0 Å². The Morgan fingerprint density at radius 2 is 2.25 bits per heavy atom. The molecule has 0 radical (unpaired) electrons. The van der Waals surface area contributed by atoms with E-state index in [1.807, 2.05) is 6.92 Å². The van der Waals surface area contributed by atoms with Crippen LogP contribution >= 0.6 is 0 Å². The molecule has 1 aliphatic heterocycles. The lowest BCUT2D eigenvalue weighted by Gasteiger charge is -2.14. The highest BCUT2D eigenvalue weighted by Gasteiger charge is 2.16. The van der Waals surface area contributed by atoms with Gasteiger partial charge in [0.05, 0.1) is 5.75 Å². The van der Waals surface area contributed by atoms with Crippen molar-refractivity contribution in [3.63, 3.8) is 0 Å². The molecule has 1 heterocycles. The molecule has 2 unspecified atom stereocenters. The van der Waals surface area contributed by atoms with Gasteiger partial charge in [-0.2, -0.15) is 0 Å². The van der Waals surface area contributed by atoms with Crippen LogP contribution in [0, 0.1) is 5.92 Å². The third kappa shape index (κ3) is 5.27. The van der Waals surface area contributed by atoms with E-state index in [-0.39, 0.29) is 17.5 Å². The van der Waals surface area contributed by atoms with Gasteiger partial charge in [0.1, 0.15) is 0 Å². The van der Waals surface area contributed by atoms with E-state index in [4.69, 9.17) is 4.74 Å². The number of hydrogen-bond donors (Lipinski definition) is 1. The van der Waals surface area contributed by atoms with Crippen LogP contribution in [-0.2, 0) is 14.6 Å². The number of hydrogen-bond acceptors (Lipinski definition) is 4. The highest BCUT2D eigenvalue weighted by atomic mass is 32.2. The predicted molar refractivity (Wildman–Crippen MR) is 65.3 cm³/mol. The van der Waals surface area contributed by atoms with Crippen LogP contribution in [0.25, 0.3) is 0 Å². The van der Waals surface area contributed by atoms with Crippen LogP contribution in [0.15, 0.2) is 0 Å². The van der Waals surface area contributed by atoms with Crippen molar-refractivity contribution in [2.24, 2.45) is 5.92 Å². The molecule has 0 aliphatic carbocycles. The molecule has 1 aliphatic rings. The van der Waals surface area contributed by atoms with E-state index >= 15 is 0 Å². The van der Waals surface area contributed by atoms with Gasteiger partial charge in [-0.25, -0.2) is 8.42 Å². The van der Waals surface area contributed by atoms with Crippen molar-refractivity contribution in [1.29, 1.82) is 0 Å². The Kier molecular flexibility index (Phi) is 5.72. The topological polar surface area (TPSA) is 55.4 Å². The Bertz CT molecular complexity index is 284. The van der Waals surface area contributed by atoms with Crippen LogP contribution in [0.5, 0.6) is 0 Å². The lowest BCUT2D eigenvalue weighted by atomic mass is 10.1. The lowest BCUT2D eigenvalue weighted by molar-refractivity contribution is 0.184. The van der Waals surface area contributed by atoms with Crippen LogP contribution < -0.4 is 5.32 Å². The highest BCUT2D eigenvalue weighted by molar-refractivity contribution is 7.91.